The average molecular weight is 893 g/mol. The first-order valence-electron chi connectivity index (χ1n) is 21.7. The molecule has 2 aliphatic rings. The van der Waals surface area contributed by atoms with Gasteiger partial charge in [-0.3, -0.25) is 0 Å². The van der Waals surface area contributed by atoms with Gasteiger partial charge in [-0.05, 0) is 83.1 Å². The molecule has 0 amide bonds. The quantitative estimate of drug-likeness (QED) is 0.0617. The lowest BCUT2D eigenvalue weighted by atomic mass is 9.98. The van der Waals surface area contributed by atoms with Gasteiger partial charge in [0, 0.05) is 0 Å². The Balaban J connectivity index is 1.89. The molecule has 12 nitrogen and oxygen atoms in total. The summed E-state index contributed by atoms with van der Waals surface area (Å²) < 4.78 is 22.8. The molecule has 0 aromatic rings. The number of rotatable bonds is 20. The minimum Gasteiger partial charge on any atom is -0.388 e. The maximum absolute atomic E-state index is 10.7. The van der Waals surface area contributed by atoms with Gasteiger partial charge in [-0.25, -0.2) is 0 Å². The molecule has 2 fully saturated rings. The van der Waals surface area contributed by atoms with Crippen molar-refractivity contribution in [3.63, 3.8) is 0 Å². The Morgan fingerprint density at radius 3 is 0.922 bits per heavy atom. The molecule has 0 aliphatic carbocycles. The first kappa shape index (κ1) is 56.3. The minimum atomic E-state index is -1.47. The monoisotopic (exact) mass is 893 g/mol. The summed E-state index contributed by atoms with van der Waals surface area (Å²) in [4.78, 5) is 0. The number of aliphatic hydroxyl groups excluding tert-OH is 6. The highest BCUT2D eigenvalue weighted by Gasteiger charge is 2.45. The molecule has 12 atom stereocenters. The molecule has 0 spiro atoms. The zero-order valence-electron chi connectivity index (χ0n) is 39.7. The van der Waals surface area contributed by atoms with E-state index in [2.05, 4.69) is 0 Å². The van der Waals surface area contributed by atoms with E-state index in [0.717, 1.165) is 33.4 Å². The van der Waals surface area contributed by atoms with Crippen LogP contribution < -0.4 is 0 Å². The predicted molar refractivity (Wildman–Crippen MR) is 254 cm³/mol. The van der Waals surface area contributed by atoms with Gasteiger partial charge in [0.1, 0.15) is 48.8 Å². The highest BCUT2D eigenvalue weighted by atomic mass is 16.7. The molecule has 0 unspecified atom stereocenters. The van der Waals surface area contributed by atoms with E-state index in [1.165, 1.54) is 0 Å². The third kappa shape index (κ3) is 20.1. The molecule has 0 radical (unpaired) electrons. The van der Waals surface area contributed by atoms with Crippen molar-refractivity contribution in [2.45, 2.75) is 168 Å². The molecule has 0 aromatic carbocycles. The van der Waals surface area contributed by atoms with Crippen molar-refractivity contribution >= 4 is 0 Å². The second kappa shape index (κ2) is 26.9. The fraction of sp³-hybridized carbons (Fsp3) is 0.500. The van der Waals surface area contributed by atoms with Gasteiger partial charge in [0.15, 0.2) is 12.6 Å². The molecule has 0 aromatic heterocycles. The van der Waals surface area contributed by atoms with E-state index in [9.17, 15) is 40.9 Å². The van der Waals surface area contributed by atoms with E-state index in [1.807, 2.05) is 139 Å². The topological polar surface area (TPSA) is 199 Å². The summed E-state index contributed by atoms with van der Waals surface area (Å²) in [7, 11) is 0. The molecule has 0 bridgehead atoms. The van der Waals surface area contributed by atoms with Gasteiger partial charge in [0.05, 0.1) is 23.4 Å². The summed E-state index contributed by atoms with van der Waals surface area (Å²) in [5, 5.41) is 82.2. The molecule has 2 aliphatic heterocycles. The third-order valence-corrected chi connectivity index (χ3v) is 10.3. The van der Waals surface area contributed by atoms with Crippen LogP contribution in [0.3, 0.4) is 0 Å². The van der Waals surface area contributed by atoms with Crippen LogP contribution in [0.1, 0.15) is 83.1 Å². The van der Waals surface area contributed by atoms with E-state index in [0.29, 0.717) is 0 Å². The molecule has 2 saturated heterocycles. The summed E-state index contributed by atoms with van der Waals surface area (Å²) in [6, 6.07) is 0. The van der Waals surface area contributed by atoms with Gasteiger partial charge < -0.3 is 59.8 Å². The molecular formula is C52H76O12. The van der Waals surface area contributed by atoms with E-state index in [4.69, 9.17) is 18.9 Å². The van der Waals surface area contributed by atoms with Crippen LogP contribution in [0, 0.1) is 0 Å². The van der Waals surface area contributed by atoms with Gasteiger partial charge in [0.25, 0.3) is 0 Å². The normalized spacial score (nSPS) is 30.5. The van der Waals surface area contributed by atoms with Crippen LogP contribution in [0.25, 0.3) is 0 Å². The average Bonchev–Trinajstić information content (AvgIpc) is 3.20. The van der Waals surface area contributed by atoms with Crippen LogP contribution in [-0.2, 0) is 18.9 Å². The van der Waals surface area contributed by atoms with Crippen molar-refractivity contribution in [3.8, 4) is 0 Å². The Bertz CT molecular complexity index is 1740. The number of hydrogen-bond donors (Lipinski definition) is 8. The smallest absolute Gasteiger partial charge is 0.187 e. The lowest BCUT2D eigenvalue weighted by Gasteiger charge is -2.41. The Kier molecular flexibility index (Phi) is 23.7. The maximum Gasteiger partial charge on any atom is 0.187 e. The fourth-order valence-corrected chi connectivity index (χ4v) is 6.07. The van der Waals surface area contributed by atoms with Crippen molar-refractivity contribution in [1.29, 1.82) is 0 Å². The lowest BCUT2D eigenvalue weighted by molar-refractivity contribution is -0.309. The summed E-state index contributed by atoms with van der Waals surface area (Å²) in [6.07, 6.45) is 24.7. The highest BCUT2D eigenvalue weighted by Crippen LogP contribution is 2.28. The molecular weight excluding hydrogens is 817 g/mol. The lowest BCUT2D eigenvalue weighted by Crippen LogP contribution is -2.58. The molecule has 356 valence electrons. The van der Waals surface area contributed by atoms with Crippen molar-refractivity contribution in [3.05, 3.63) is 155 Å². The van der Waals surface area contributed by atoms with Crippen LogP contribution in [0.15, 0.2) is 155 Å². The van der Waals surface area contributed by atoms with Crippen LogP contribution in [-0.4, -0.2) is 126 Å². The predicted octanol–water partition coefficient (Wildman–Crippen LogP) is 6.52. The summed E-state index contributed by atoms with van der Waals surface area (Å²) in [5.74, 6) is 0. The van der Waals surface area contributed by atoms with Gasteiger partial charge in [-0.2, -0.15) is 0 Å². The van der Waals surface area contributed by atoms with Crippen molar-refractivity contribution < 1.29 is 59.8 Å². The van der Waals surface area contributed by atoms with Gasteiger partial charge in [-0.15, -0.1) is 0 Å². The van der Waals surface area contributed by atoms with Gasteiger partial charge >= 0.3 is 0 Å². The molecule has 12 heteroatoms. The van der Waals surface area contributed by atoms with Gasteiger partial charge in [-0.1, -0.05) is 155 Å². The van der Waals surface area contributed by atoms with E-state index in [-0.39, 0.29) is 0 Å². The summed E-state index contributed by atoms with van der Waals surface area (Å²) in [5.41, 5.74) is 3.42. The Morgan fingerprint density at radius 1 is 0.406 bits per heavy atom. The Morgan fingerprint density at radius 2 is 0.656 bits per heavy atom. The Labute approximate surface area is 381 Å². The van der Waals surface area contributed by atoms with Crippen LogP contribution in [0.5, 0.6) is 0 Å². The summed E-state index contributed by atoms with van der Waals surface area (Å²) >= 11 is 0. The fourth-order valence-electron chi connectivity index (χ4n) is 6.07. The molecule has 8 N–H and O–H groups in total. The number of hydrogen-bond acceptors (Lipinski definition) is 12. The van der Waals surface area contributed by atoms with Crippen molar-refractivity contribution in [1.82, 2.24) is 0 Å². The molecule has 2 rings (SSSR count). The minimum absolute atomic E-state index is 0.754. The number of ether oxygens (including phenoxy) is 4. The van der Waals surface area contributed by atoms with E-state index >= 15 is 0 Å². The third-order valence-electron chi connectivity index (χ3n) is 10.3. The molecule has 0 saturated carbocycles. The standard InChI is InChI=1S/C52H76O12/c1-33(21-15-23-35(3)25-17-27-37(5)29-31-41(51(9,10)59)63-49-47(57)45(55)43(53)39(7)61-49)19-13-14-20-34(2)22-16-24-36(4)26-18-28-38(6)30-32-42(52(11,12)60)64-50-48(58)46(56)44(54)40(8)62-50/h13-32,39-50,53-60H,1-12H3/b14-13+,21-15+,22-16+,25-17+,26-18+,31-29+,32-30+,33-19+,34-20+,35-23+,36-24+,37-27+,38-28+/t39-,40-,41+,42+,43+,44+,45-,46+,47-,48-,49-,50-/m1/s1. The Hall–Kier alpha value is -3.86. The second-order valence-corrected chi connectivity index (χ2v) is 17.8. The van der Waals surface area contributed by atoms with E-state index in [1.54, 1.807) is 65.8 Å². The summed E-state index contributed by atoms with van der Waals surface area (Å²) in [6.45, 7) is 21.3. The SMILES string of the molecule is CC(/C=C/C=C(C)/C=C/C=C(C)/C=C/[C@H](O[C@H]1O[C@H](C)[C@H](O)[C@@H](O)[C@H]1O)C(C)(C)O)=C\C=C\C=C(C)\C=C\C=C(C)\C=C\C=C(C)\C=C\[C@H](O[C@H]1O[C@H](C)[C@H](O)[C@H](O)[C@H]1O)C(C)(C)O. The molecule has 64 heavy (non-hydrogen) atoms. The second-order valence-electron chi connectivity index (χ2n) is 17.8. The zero-order chi connectivity index (χ0) is 48.4. The van der Waals surface area contributed by atoms with Crippen LogP contribution in [0.2, 0.25) is 0 Å². The van der Waals surface area contributed by atoms with Crippen LogP contribution >= 0.6 is 0 Å². The zero-order valence-corrected chi connectivity index (χ0v) is 39.7. The van der Waals surface area contributed by atoms with Crippen molar-refractivity contribution in [2.24, 2.45) is 0 Å². The highest BCUT2D eigenvalue weighted by molar-refractivity contribution is 5.34. The number of allylic oxidation sites excluding steroid dienone is 24. The van der Waals surface area contributed by atoms with Crippen LogP contribution in [0.4, 0.5) is 0 Å². The first-order valence-corrected chi connectivity index (χ1v) is 21.7. The molecule has 2 heterocycles. The van der Waals surface area contributed by atoms with Gasteiger partial charge in [0.2, 0.25) is 0 Å². The van der Waals surface area contributed by atoms with Crippen molar-refractivity contribution in [2.75, 3.05) is 0 Å². The maximum atomic E-state index is 10.7. The number of aliphatic hydroxyl groups is 8. The first-order chi connectivity index (χ1) is 29.8. The van der Waals surface area contributed by atoms with E-state index < -0.39 is 84.8 Å². The largest absolute Gasteiger partial charge is 0.388 e.